The van der Waals surface area contributed by atoms with Crippen molar-refractivity contribution >= 4 is 43.2 Å². The molecule has 3 rings (SSSR count). The van der Waals surface area contributed by atoms with Crippen molar-refractivity contribution in [2.24, 2.45) is 0 Å². The van der Waals surface area contributed by atoms with Gasteiger partial charge < -0.3 is 25.2 Å². The van der Waals surface area contributed by atoms with Crippen LogP contribution >= 0.6 is 31.9 Å². The minimum Gasteiger partial charge on any atom is -0.506 e. The van der Waals surface area contributed by atoms with Crippen molar-refractivity contribution in [1.29, 1.82) is 0 Å². The molecule has 1 aliphatic rings. The van der Waals surface area contributed by atoms with E-state index in [1.54, 1.807) is 14.2 Å². The smallest absolute Gasteiger partial charge is 0.162 e. The van der Waals surface area contributed by atoms with Crippen molar-refractivity contribution in [3.63, 3.8) is 0 Å². The summed E-state index contributed by atoms with van der Waals surface area (Å²) in [7, 11) is 3.23. The Labute approximate surface area is 156 Å². The number of ether oxygens (including phenoxy) is 2. The number of hydrogen-bond donors (Lipinski definition) is 4. The Balaban J connectivity index is 1.95. The fraction of sp³-hybridized carbons (Fsp3) is 0.250. The van der Waals surface area contributed by atoms with Gasteiger partial charge in [-0.15, -0.1) is 0 Å². The molecule has 0 saturated heterocycles. The van der Waals surface area contributed by atoms with Gasteiger partial charge in [0.2, 0.25) is 0 Å². The van der Waals surface area contributed by atoms with Gasteiger partial charge in [0, 0.05) is 23.0 Å². The quantitative estimate of drug-likeness (QED) is 0.518. The van der Waals surface area contributed by atoms with Crippen molar-refractivity contribution in [3.05, 3.63) is 38.8 Å². The van der Waals surface area contributed by atoms with Gasteiger partial charge in [-0.2, -0.15) is 0 Å². The average Bonchev–Trinajstić information content (AvgIpc) is 2.58. The van der Waals surface area contributed by atoms with E-state index in [-0.39, 0.29) is 11.9 Å². The Kier molecular flexibility index (Phi) is 5.07. The van der Waals surface area contributed by atoms with Gasteiger partial charge in [0.15, 0.2) is 11.5 Å². The van der Waals surface area contributed by atoms with Gasteiger partial charge in [-0.3, -0.25) is 5.32 Å². The van der Waals surface area contributed by atoms with Crippen LogP contribution < -0.4 is 25.4 Å². The summed E-state index contributed by atoms with van der Waals surface area (Å²) in [6, 6.07) is 7.51. The van der Waals surface area contributed by atoms with Gasteiger partial charge in [0.25, 0.3) is 0 Å². The summed E-state index contributed by atoms with van der Waals surface area (Å²) in [5, 5.41) is 19.9. The van der Waals surface area contributed by atoms with Crippen molar-refractivity contribution < 1.29 is 14.6 Å². The molecular weight excluding hydrogens is 442 g/mol. The highest BCUT2D eigenvalue weighted by Gasteiger charge is 2.23. The molecule has 8 heteroatoms. The van der Waals surface area contributed by atoms with E-state index in [2.05, 4.69) is 47.8 Å². The molecule has 0 spiro atoms. The fourth-order valence-electron chi connectivity index (χ4n) is 2.59. The van der Waals surface area contributed by atoms with Crippen LogP contribution in [-0.2, 0) is 0 Å². The van der Waals surface area contributed by atoms with Gasteiger partial charge in [0.05, 0.1) is 29.8 Å². The van der Waals surface area contributed by atoms with Crippen LogP contribution in [0.15, 0.2) is 33.2 Å². The minimum absolute atomic E-state index is 0.121. The summed E-state index contributed by atoms with van der Waals surface area (Å²) >= 11 is 6.69. The first-order chi connectivity index (χ1) is 11.5. The number of anilines is 2. The molecule has 2 aromatic carbocycles. The molecule has 6 nitrogen and oxygen atoms in total. The van der Waals surface area contributed by atoms with E-state index in [0.717, 1.165) is 16.9 Å². The number of rotatable bonds is 4. The molecule has 1 aliphatic heterocycles. The zero-order valence-electron chi connectivity index (χ0n) is 13.1. The molecule has 0 aromatic heterocycles. The van der Waals surface area contributed by atoms with E-state index in [1.807, 2.05) is 24.3 Å². The number of phenolic OH excluding ortho intramolecular Hbond substituents is 1. The third-order valence-electron chi connectivity index (χ3n) is 3.78. The fourth-order valence-corrected chi connectivity index (χ4v) is 3.78. The molecule has 0 amide bonds. The summed E-state index contributed by atoms with van der Waals surface area (Å²) < 4.78 is 12.0. The second-order valence-corrected chi connectivity index (χ2v) is 6.93. The van der Waals surface area contributed by atoms with Crippen molar-refractivity contribution in [3.8, 4) is 17.2 Å². The topological polar surface area (TPSA) is 74.8 Å². The number of aromatic hydroxyl groups is 1. The normalized spacial score (nSPS) is 16.1. The molecule has 24 heavy (non-hydrogen) atoms. The molecule has 0 aliphatic carbocycles. The zero-order valence-corrected chi connectivity index (χ0v) is 16.3. The van der Waals surface area contributed by atoms with Crippen LogP contribution in [0.5, 0.6) is 17.2 Å². The number of methoxy groups -OCH3 is 2. The molecule has 4 N–H and O–H groups in total. The lowest BCUT2D eigenvalue weighted by molar-refractivity contribution is 0.354. The van der Waals surface area contributed by atoms with Crippen LogP contribution in [0.2, 0.25) is 0 Å². The maximum atomic E-state index is 9.84. The molecule has 0 bridgehead atoms. The van der Waals surface area contributed by atoms with Crippen molar-refractivity contribution in [1.82, 2.24) is 5.32 Å². The largest absolute Gasteiger partial charge is 0.506 e. The first-order valence-electron chi connectivity index (χ1n) is 7.21. The summed E-state index contributed by atoms with van der Waals surface area (Å²) in [5.41, 5.74) is 2.84. The monoisotopic (exact) mass is 457 g/mol. The summed E-state index contributed by atoms with van der Waals surface area (Å²) in [4.78, 5) is 0. The maximum absolute atomic E-state index is 9.84. The van der Waals surface area contributed by atoms with E-state index < -0.39 is 0 Å². The Morgan fingerprint density at radius 1 is 1.08 bits per heavy atom. The Morgan fingerprint density at radius 2 is 1.71 bits per heavy atom. The van der Waals surface area contributed by atoms with Gasteiger partial charge in [-0.05, 0) is 50.1 Å². The van der Waals surface area contributed by atoms with E-state index in [0.29, 0.717) is 27.1 Å². The Bertz CT molecular complexity index is 747. The molecule has 1 unspecified atom stereocenters. The SMILES string of the molecule is COc1cc2c(cc1OC)C(Nc1cc(Br)c(O)c(Br)c1)NCN2. The Morgan fingerprint density at radius 3 is 2.33 bits per heavy atom. The molecule has 1 heterocycles. The van der Waals surface area contributed by atoms with Crippen molar-refractivity contribution in [2.45, 2.75) is 6.17 Å². The highest BCUT2D eigenvalue weighted by molar-refractivity contribution is 9.11. The van der Waals surface area contributed by atoms with E-state index >= 15 is 0 Å². The lowest BCUT2D eigenvalue weighted by Crippen LogP contribution is -2.37. The predicted molar refractivity (Wildman–Crippen MR) is 101 cm³/mol. The molecule has 0 saturated carbocycles. The predicted octanol–water partition coefficient (Wildman–Crippen LogP) is 4.02. The third kappa shape index (κ3) is 3.26. The number of halogens is 2. The number of hydrogen-bond acceptors (Lipinski definition) is 6. The van der Waals surface area contributed by atoms with Crippen LogP contribution in [0.1, 0.15) is 11.7 Å². The maximum Gasteiger partial charge on any atom is 0.162 e. The van der Waals surface area contributed by atoms with Gasteiger partial charge >= 0.3 is 0 Å². The number of fused-ring (bicyclic) bond motifs is 1. The van der Waals surface area contributed by atoms with E-state index in [4.69, 9.17) is 9.47 Å². The van der Waals surface area contributed by atoms with E-state index in [1.165, 1.54) is 0 Å². The Hall–Kier alpha value is -1.64. The van der Waals surface area contributed by atoms with Crippen LogP contribution in [0.25, 0.3) is 0 Å². The number of nitrogens with one attached hydrogen (secondary N) is 3. The van der Waals surface area contributed by atoms with Gasteiger partial charge in [0.1, 0.15) is 11.9 Å². The highest BCUT2D eigenvalue weighted by Crippen LogP contribution is 2.39. The lowest BCUT2D eigenvalue weighted by atomic mass is 10.1. The second kappa shape index (κ2) is 7.08. The van der Waals surface area contributed by atoms with Crippen LogP contribution in [-0.4, -0.2) is 26.0 Å². The molecule has 1 atom stereocenters. The number of benzene rings is 2. The van der Waals surface area contributed by atoms with Gasteiger partial charge in [-0.1, -0.05) is 0 Å². The molecule has 128 valence electrons. The van der Waals surface area contributed by atoms with Crippen LogP contribution in [0.4, 0.5) is 11.4 Å². The first kappa shape index (κ1) is 17.2. The highest BCUT2D eigenvalue weighted by atomic mass is 79.9. The summed E-state index contributed by atoms with van der Waals surface area (Å²) in [5.74, 6) is 1.52. The average molecular weight is 459 g/mol. The summed E-state index contributed by atoms with van der Waals surface area (Å²) in [6.07, 6.45) is -0.121. The third-order valence-corrected chi connectivity index (χ3v) is 4.99. The van der Waals surface area contributed by atoms with Crippen LogP contribution in [0.3, 0.4) is 0 Å². The number of phenols is 1. The molecule has 0 fully saturated rings. The van der Waals surface area contributed by atoms with Crippen LogP contribution in [0, 0.1) is 0 Å². The molecular formula is C16H17Br2N3O3. The van der Waals surface area contributed by atoms with E-state index in [9.17, 15) is 5.11 Å². The summed E-state index contributed by atoms with van der Waals surface area (Å²) in [6.45, 7) is 0.612. The first-order valence-corrected chi connectivity index (χ1v) is 8.79. The lowest BCUT2D eigenvalue weighted by Gasteiger charge is -2.30. The second-order valence-electron chi connectivity index (χ2n) is 5.22. The standard InChI is InChI=1S/C16H17Br2N3O3/c1-23-13-5-9-12(6-14(13)24-2)19-7-20-16(9)21-8-3-10(17)15(22)11(18)4-8/h3-6,16,19-22H,7H2,1-2H3. The minimum atomic E-state index is -0.121. The molecule has 0 radical (unpaired) electrons. The van der Waals surface area contributed by atoms with Gasteiger partial charge in [-0.25, -0.2) is 0 Å². The molecule has 2 aromatic rings. The van der Waals surface area contributed by atoms with Crippen molar-refractivity contribution in [2.75, 3.05) is 31.5 Å². The zero-order chi connectivity index (χ0) is 17.3.